The Balaban J connectivity index is 1.49. The Hall–Kier alpha value is -2.62. The monoisotopic (exact) mass is 596 g/mol. The molecule has 3 aromatic rings. The van der Waals surface area contributed by atoms with Crippen molar-refractivity contribution in [2.24, 2.45) is 0 Å². The highest BCUT2D eigenvalue weighted by Gasteiger charge is 2.33. The second kappa shape index (κ2) is 10.1. The van der Waals surface area contributed by atoms with Crippen molar-refractivity contribution in [3.05, 3.63) is 102 Å². The Labute approximate surface area is 213 Å². The fraction of sp³-hybridized carbons (Fsp3) is 0.0833. The molecule has 0 spiro atoms. The number of imide groups is 1. The number of hydrogen-bond acceptors (Lipinski definition) is 3. The van der Waals surface area contributed by atoms with E-state index in [9.17, 15) is 14.0 Å². The van der Waals surface area contributed by atoms with Crippen molar-refractivity contribution in [1.29, 1.82) is 0 Å². The second-order valence-electron chi connectivity index (χ2n) is 7.23. The van der Waals surface area contributed by atoms with Gasteiger partial charge in [-0.25, -0.2) is 9.18 Å². The fourth-order valence-corrected chi connectivity index (χ4v) is 4.16. The summed E-state index contributed by atoms with van der Waals surface area (Å²) >= 11 is 15.0. The number of halogens is 4. The molecule has 0 atom stereocenters. The molecule has 1 saturated heterocycles. The molecule has 0 aromatic heterocycles. The van der Waals surface area contributed by atoms with Gasteiger partial charge in [-0.3, -0.25) is 9.69 Å². The van der Waals surface area contributed by atoms with Gasteiger partial charge in [-0.2, -0.15) is 0 Å². The van der Waals surface area contributed by atoms with Gasteiger partial charge in [0.1, 0.15) is 18.1 Å². The summed E-state index contributed by atoms with van der Waals surface area (Å²) in [6.45, 7) is 0.318. The van der Waals surface area contributed by atoms with Gasteiger partial charge in [0.15, 0.2) is 5.75 Å². The number of urea groups is 1. The van der Waals surface area contributed by atoms with Crippen LogP contribution in [-0.4, -0.2) is 16.8 Å². The van der Waals surface area contributed by atoms with Crippen LogP contribution in [0.1, 0.15) is 16.7 Å². The van der Waals surface area contributed by atoms with E-state index in [2.05, 4.69) is 27.9 Å². The maximum atomic E-state index is 13.1. The molecule has 9 heteroatoms. The van der Waals surface area contributed by atoms with E-state index in [1.165, 1.54) is 30.3 Å². The van der Waals surface area contributed by atoms with E-state index in [4.69, 9.17) is 27.9 Å². The first kappa shape index (κ1) is 23.5. The average molecular weight is 597 g/mol. The van der Waals surface area contributed by atoms with Crippen molar-refractivity contribution < 1.29 is 18.7 Å². The number of carbonyl (C=O) groups is 2. The number of benzene rings is 3. The van der Waals surface area contributed by atoms with Crippen LogP contribution in [0.25, 0.3) is 6.08 Å². The highest BCUT2D eigenvalue weighted by molar-refractivity contribution is 14.1. The molecule has 1 aliphatic heterocycles. The van der Waals surface area contributed by atoms with Gasteiger partial charge in [0, 0.05) is 3.57 Å². The Kier molecular flexibility index (Phi) is 7.21. The van der Waals surface area contributed by atoms with Gasteiger partial charge in [0.25, 0.3) is 5.91 Å². The highest BCUT2D eigenvalue weighted by Crippen LogP contribution is 2.35. The molecule has 0 saturated carbocycles. The molecule has 3 aromatic carbocycles. The lowest BCUT2D eigenvalue weighted by Crippen LogP contribution is -2.30. The molecular formula is C24H16Cl2FIN2O3. The highest BCUT2D eigenvalue weighted by atomic mass is 127. The zero-order valence-electron chi connectivity index (χ0n) is 16.9. The molecule has 0 unspecified atom stereocenters. The summed E-state index contributed by atoms with van der Waals surface area (Å²) in [5, 5.41) is 3.10. The quantitative estimate of drug-likeness (QED) is 0.203. The molecular weight excluding hydrogens is 581 g/mol. The van der Waals surface area contributed by atoms with Crippen molar-refractivity contribution in [2.45, 2.75) is 13.2 Å². The predicted molar refractivity (Wildman–Crippen MR) is 133 cm³/mol. The van der Waals surface area contributed by atoms with Crippen molar-refractivity contribution in [3.8, 4) is 5.75 Å². The van der Waals surface area contributed by atoms with Crippen LogP contribution in [0.15, 0.2) is 66.4 Å². The third-order valence-corrected chi connectivity index (χ3v) is 6.12. The van der Waals surface area contributed by atoms with Crippen molar-refractivity contribution in [2.75, 3.05) is 0 Å². The first-order valence-corrected chi connectivity index (χ1v) is 11.6. The minimum absolute atomic E-state index is 0.0229. The van der Waals surface area contributed by atoms with Crippen LogP contribution in [0.2, 0.25) is 10.0 Å². The third-order valence-electron chi connectivity index (χ3n) is 4.84. The molecule has 0 radical (unpaired) electrons. The van der Waals surface area contributed by atoms with Gasteiger partial charge in [-0.1, -0.05) is 47.5 Å². The summed E-state index contributed by atoms with van der Waals surface area (Å²) < 4.78 is 20.0. The first-order valence-electron chi connectivity index (χ1n) is 9.75. The molecule has 1 heterocycles. The van der Waals surface area contributed by atoms with Crippen LogP contribution in [0, 0.1) is 9.39 Å². The maximum Gasteiger partial charge on any atom is 0.329 e. The maximum absolute atomic E-state index is 13.1. The lowest BCUT2D eigenvalue weighted by molar-refractivity contribution is -0.123. The molecule has 1 fully saturated rings. The average Bonchev–Trinajstić information content (AvgIpc) is 3.03. The van der Waals surface area contributed by atoms with Crippen LogP contribution in [-0.2, 0) is 17.9 Å². The van der Waals surface area contributed by atoms with E-state index in [0.717, 1.165) is 14.0 Å². The molecule has 168 valence electrons. The molecule has 1 aliphatic rings. The first-order chi connectivity index (χ1) is 15.8. The third kappa shape index (κ3) is 5.66. The van der Waals surface area contributed by atoms with Gasteiger partial charge in [-0.15, -0.1) is 0 Å². The molecule has 4 rings (SSSR count). The summed E-state index contributed by atoms with van der Waals surface area (Å²) in [6, 6.07) is 16.1. The van der Waals surface area contributed by atoms with E-state index in [0.29, 0.717) is 23.5 Å². The lowest BCUT2D eigenvalue weighted by atomic mass is 10.1. The molecule has 0 bridgehead atoms. The summed E-state index contributed by atoms with van der Waals surface area (Å²) in [5.41, 5.74) is 2.21. The van der Waals surface area contributed by atoms with Crippen LogP contribution < -0.4 is 10.1 Å². The van der Waals surface area contributed by atoms with Gasteiger partial charge >= 0.3 is 6.03 Å². The summed E-state index contributed by atoms with van der Waals surface area (Å²) in [7, 11) is 0. The smallest absolute Gasteiger partial charge is 0.329 e. The number of hydrogen-bond donors (Lipinski definition) is 1. The largest absolute Gasteiger partial charge is 0.486 e. The Bertz CT molecular complexity index is 1220. The van der Waals surface area contributed by atoms with E-state index in [1.807, 2.05) is 24.3 Å². The van der Waals surface area contributed by atoms with Gasteiger partial charge < -0.3 is 10.1 Å². The van der Waals surface area contributed by atoms with Gasteiger partial charge in [0.2, 0.25) is 0 Å². The standard InChI is InChI=1S/C24H16Cl2FIN2O3/c25-19-9-16(10-20(26)22(19)33-13-15-3-7-18(28)8-4-15)11-21-23(31)30(24(32)29-21)12-14-1-5-17(27)6-2-14/h1-11H,12-13H2,(H,29,32)/b21-11+. The number of ether oxygens (including phenoxy) is 1. The van der Waals surface area contributed by atoms with Gasteiger partial charge in [0.05, 0.1) is 16.6 Å². The van der Waals surface area contributed by atoms with Gasteiger partial charge in [-0.05, 0) is 81.8 Å². The zero-order valence-corrected chi connectivity index (χ0v) is 20.6. The number of amides is 3. The van der Waals surface area contributed by atoms with Crippen LogP contribution in [0.5, 0.6) is 5.75 Å². The van der Waals surface area contributed by atoms with Crippen LogP contribution >= 0.6 is 45.8 Å². The van der Waals surface area contributed by atoms with E-state index >= 15 is 0 Å². The van der Waals surface area contributed by atoms with E-state index in [1.54, 1.807) is 12.1 Å². The predicted octanol–water partition coefficient (Wildman–Crippen LogP) is 6.41. The zero-order chi connectivity index (χ0) is 23.5. The Morgan fingerprint density at radius 3 is 2.21 bits per heavy atom. The Morgan fingerprint density at radius 2 is 1.58 bits per heavy atom. The number of nitrogens with one attached hydrogen (secondary N) is 1. The minimum Gasteiger partial charge on any atom is -0.486 e. The molecule has 1 N–H and O–H groups in total. The Morgan fingerprint density at radius 1 is 0.970 bits per heavy atom. The molecule has 0 aliphatic carbocycles. The molecule has 33 heavy (non-hydrogen) atoms. The summed E-state index contributed by atoms with van der Waals surface area (Å²) in [4.78, 5) is 26.1. The summed E-state index contributed by atoms with van der Waals surface area (Å²) in [6.07, 6.45) is 1.49. The second-order valence-corrected chi connectivity index (χ2v) is 9.29. The molecule has 5 nitrogen and oxygen atoms in total. The lowest BCUT2D eigenvalue weighted by Gasteiger charge is -2.12. The summed E-state index contributed by atoms with van der Waals surface area (Å²) in [5.74, 6) is -0.564. The van der Waals surface area contributed by atoms with E-state index < -0.39 is 17.8 Å². The normalized spacial score (nSPS) is 14.7. The van der Waals surface area contributed by atoms with Crippen LogP contribution in [0.3, 0.4) is 0 Å². The minimum atomic E-state index is -0.565. The van der Waals surface area contributed by atoms with Crippen molar-refractivity contribution >= 4 is 63.8 Å². The fourth-order valence-electron chi connectivity index (χ4n) is 3.19. The number of carbonyl (C=O) groups excluding carboxylic acids is 2. The van der Waals surface area contributed by atoms with Crippen molar-refractivity contribution in [3.63, 3.8) is 0 Å². The van der Waals surface area contributed by atoms with Crippen LogP contribution in [0.4, 0.5) is 9.18 Å². The van der Waals surface area contributed by atoms with Crippen molar-refractivity contribution in [1.82, 2.24) is 10.2 Å². The topological polar surface area (TPSA) is 58.6 Å². The number of nitrogens with zero attached hydrogens (tertiary/aromatic N) is 1. The number of rotatable bonds is 6. The van der Waals surface area contributed by atoms with E-state index in [-0.39, 0.29) is 22.3 Å². The SMILES string of the molecule is O=C1N/C(=C/c2cc(Cl)c(OCc3ccc(I)cc3)c(Cl)c2)C(=O)N1Cc1ccc(F)cc1. The molecule has 3 amide bonds.